The van der Waals surface area contributed by atoms with E-state index in [1.807, 2.05) is 19.1 Å². The molecule has 0 spiro atoms. The van der Waals surface area contributed by atoms with Crippen molar-refractivity contribution < 1.29 is 13.9 Å². The fourth-order valence-electron chi connectivity index (χ4n) is 3.03. The number of carbonyl (C=O) groups is 1. The predicted molar refractivity (Wildman–Crippen MR) is 100 cm³/mol. The van der Waals surface area contributed by atoms with E-state index < -0.39 is 0 Å². The molecule has 1 saturated heterocycles. The molecule has 2 aromatic carbocycles. The third-order valence-electron chi connectivity index (χ3n) is 4.46. The molecule has 138 valence electrons. The molecule has 1 aliphatic heterocycles. The number of anilines is 1. The van der Waals surface area contributed by atoms with Crippen LogP contribution in [0.15, 0.2) is 48.5 Å². The molecule has 26 heavy (non-hydrogen) atoms. The summed E-state index contributed by atoms with van der Waals surface area (Å²) in [5.41, 5.74) is 1.58. The summed E-state index contributed by atoms with van der Waals surface area (Å²) in [5, 5.41) is 2.97. The summed E-state index contributed by atoms with van der Waals surface area (Å²) >= 11 is 0. The van der Waals surface area contributed by atoms with Gasteiger partial charge in [0, 0.05) is 31.9 Å². The number of halogens is 1. The summed E-state index contributed by atoms with van der Waals surface area (Å²) in [6.07, 6.45) is 0. The molecule has 0 aromatic heterocycles. The Morgan fingerprint density at radius 1 is 1.08 bits per heavy atom. The summed E-state index contributed by atoms with van der Waals surface area (Å²) in [7, 11) is 0. The molecule has 2 aromatic rings. The van der Waals surface area contributed by atoms with Crippen LogP contribution in [-0.4, -0.2) is 50.3 Å². The van der Waals surface area contributed by atoms with Crippen LogP contribution in [0.4, 0.5) is 10.1 Å². The zero-order valence-electron chi connectivity index (χ0n) is 15.0. The molecule has 1 amide bonds. The maximum absolute atomic E-state index is 13.0. The number of benzene rings is 2. The fraction of sp³-hybridized carbons (Fsp3) is 0.350. The van der Waals surface area contributed by atoms with Gasteiger partial charge in [0.25, 0.3) is 5.91 Å². The first-order valence-electron chi connectivity index (χ1n) is 8.90. The quantitative estimate of drug-likeness (QED) is 0.863. The number of ether oxygens (including phenoxy) is 1. The standard InChI is InChI=1S/C20H24FN3O2/c1-2-26-19-6-4-3-5-18(19)20(25)22-15-23-11-13-24(14-12-23)17-9-7-16(21)8-10-17/h3-10H,2,11-15H2,1H3,(H,22,25). The number of hydrogen-bond donors (Lipinski definition) is 1. The van der Waals surface area contributed by atoms with Gasteiger partial charge in [0.2, 0.25) is 0 Å². The second-order valence-electron chi connectivity index (χ2n) is 6.17. The van der Waals surface area contributed by atoms with Crippen molar-refractivity contribution in [3.8, 4) is 5.75 Å². The number of para-hydroxylation sites is 1. The minimum atomic E-state index is -0.220. The normalized spacial score (nSPS) is 14.9. The van der Waals surface area contributed by atoms with Gasteiger partial charge >= 0.3 is 0 Å². The van der Waals surface area contributed by atoms with Gasteiger partial charge < -0.3 is 15.0 Å². The Hall–Kier alpha value is -2.60. The van der Waals surface area contributed by atoms with Crippen LogP contribution < -0.4 is 15.0 Å². The molecule has 1 heterocycles. The highest BCUT2D eigenvalue weighted by atomic mass is 19.1. The highest BCUT2D eigenvalue weighted by Crippen LogP contribution is 2.18. The largest absolute Gasteiger partial charge is 0.493 e. The molecule has 0 saturated carbocycles. The zero-order chi connectivity index (χ0) is 18.4. The lowest BCUT2D eigenvalue weighted by Crippen LogP contribution is -2.50. The first-order valence-corrected chi connectivity index (χ1v) is 8.90. The molecule has 0 radical (unpaired) electrons. The van der Waals surface area contributed by atoms with Gasteiger partial charge in [-0.25, -0.2) is 4.39 Å². The average molecular weight is 357 g/mol. The van der Waals surface area contributed by atoms with Gasteiger partial charge in [0.05, 0.1) is 18.8 Å². The van der Waals surface area contributed by atoms with E-state index >= 15 is 0 Å². The topological polar surface area (TPSA) is 44.8 Å². The smallest absolute Gasteiger partial charge is 0.256 e. The zero-order valence-corrected chi connectivity index (χ0v) is 15.0. The Kier molecular flexibility index (Phi) is 6.07. The Bertz CT molecular complexity index is 728. The first-order chi connectivity index (χ1) is 12.7. The lowest BCUT2D eigenvalue weighted by molar-refractivity contribution is 0.0916. The Labute approximate surface area is 153 Å². The average Bonchev–Trinajstić information content (AvgIpc) is 2.68. The molecule has 6 heteroatoms. The molecule has 0 aliphatic carbocycles. The molecular weight excluding hydrogens is 333 g/mol. The van der Waals surface area contributed by atoms with Crippen LogP contribution in [0, 0.1) is 5.82 Å². The summed E-state index contributed by atoms with van der Waals surface area (Å²) < 4.78 is 18.5. The molecule has 3 rings (SSSR count). The third-order valence-corrected chi connectivity index (χ3v) is 4.46. The van der Waals surface area contributed by atoms with E-state index in [0.717, 1.165) is 31.9 Å². The SMILES string of the molecule is CCOc1ccccc1C(=O)NCN1CCN(c2ccc(F)cc2)CC1. The minimum absolute atomic E-state index is 0.130. The number of nitrogens with one attached hydrogen (secondary N) is 1. The maximum atomic E-state index is 13.0. The number of rotatable bonds is 6. The van der Waals surface area contributed by atoms with E-state index in [1.54, 1.807) is 24.3 Å². The second-order valence-corrected chi connectivity index (χ2v) is 6.17. The molecule has 0 bridgehead atoms. The third kappa shape index (κ3) is 4.52. The van der Waals surface area contributed by atoms with Crippen LogP contribution in [-0.2, 0) is 0 Å². The predicted octanol–water partition coefficient (Wildman–Crippen LogP) is 2.73. The minimum Gasteiger partial charge on any atom is -0.493 e. The molecule has 0 unspecified atom stereocenters. The van der Waals surface area contributed by atoms with Gasteiger partial charge in [-0.1, -0.05) is 12.1 Å². The van der Waals surface area contributed by atoms with E-state index in [1.165, 1.54) is 12.1 Å². The van der Waals surface area contributed by atoms with Crippen molar-refractivity contribution in [1.82, 2.24) is 10.2 Å². The van der Waals surface area contributed by atoms with E-state index in [-0.39, 0.29) is 11.7 Å². The van der Waals surface area contributed by atoms with Crippen molar-refractivity contribution >= 4 is 11.6 Å². The number of nitrogens with zero attached hydrogens (tertiary/aromatic N) is 2. The molecule has 0 atom stereocenters. The van der Waals surface area contributed by atoms with Gasteiger partial charge in [-0.2, -0.15) is 0 Å². The molecule has 1 N–H and O–H groups in total. The van der Waals surface area contributed by atoms with Crippen molar-refractivity contribution in [1.29, 1.82) is 0 Å². The van der Waals surface area contributed by atoms with Crippen molar-refractivity contribution in [2.24, 2.45) is 0 Å². The molecular formula is C20H24FN3O2. The Morgan fingerprint density at radius 2 is 1.77 bits per heavy atom. The van der Waals surface area contributed by atoms with Crippen molar-refractivity contribution in [2.45, 2.75) is 6.92 Å². The number of carbonyl (C=O) groups excluding carboxylic acids is 1. The van der Waals surface area contributed by atoms with Gasteiger partial charge in [-0.05, 0) is 43.3 Å². The van der Waals surface area contributed by atoms with Crippen molar-refractivity contribution in [3.63, 3.8) is 0 Å². The van der Waals surface area contributed by atoms with Crippen LogP contribution in [0.25, 0.3) is 0 Å². The summed E-state index contributed by atoms with van der Waals surface area (Å²) in [6.45, 7) is 6.28. The van der Waals surface area contributed by atoms with Crippen molar-refractivity contribution in [2.75, 3.05) is 44.4 Å². The summed E-state index contributed by atoms with van der Waals surface area (Å²) in [6, 6.07) is 13.8. The van der Waals surface area contributed by atoms with Crippen LogP contribution in [0.5, 0.6) is 5.75 Å². The molecule has 5 nitrogen and oxygen atoms in total. The second kappa shape index (κ2) is 8.67. The first kappa shape index (κ1) is 18.2. The van der Waals surface area contributed by atoms with Gasteiger partial charge in [0.1, 0.15) is 11.6 Å². The van der Waals surface area contributed by atoms with Crippen LogP contribution in [0.3, 0.4) is 0 Å². The lowest BCUT2D eigenvalue weighted by atomic mass is 10.2. The number of piperazine rings is 1. The lowest BCUT2D eigenvalue weighted by Gasteiger charge is -2.36. The molecule has 1 fully saturated rings. The van der Waals surface area contributed by atoms with E-state index in [0.29, 0.717) is 24.6 Å². The number of amides is 1. The Morgan fingerprint density at radius 3 is 2.46 bits per heavy atom. The highest BCUT2D eigenvalue weighted by Gasteiger charge is 2.18. The van der Waals surface area contributed by atoms with E-state index in [2.05, 4.69) is 15.1 Å². The maximum Gasteiger partial charge on any atom is 0.256 e. The van der Waals surface area contributed by atoms with Crippen LogP contribution in [0.1, 0.15) is 17.3 Å². The van der Waals surface area contributed by atoms with Crippen molar-refractivity contribution in [3.05, 3.63) is 59.9 Å². The van der Waals surface area contributed by atoms with E-state index in [4.69, 9.17) is 4.74 Å². The van der Waals surface area contributed by atoms with Gasteiger partial charge in [-0.15, -0.1) is 0 Å². The van der Waals surface area contributed by atoms with E-state index in [9.17, 15) is 9.18 Å². The van der Waals surface area contributed by atoms with Gasteiger partial charge in [0.15, 0.2) is 0 Å². The van der Waals surface area contributed by atoms with Crippen LogP contribution >= 0.6 is 0 Å². The monoisotopic (exact) mass is 357 g/mol. The number of hydrogen-bond acceptors (Lipinski definition) is 4. The summed E-state index contributed by atoms with van der Waals surface area (Å²) in [4.78, 5) is 16.9. The highest BCUT2D eigenvalue weighted by molar-refractivity contribution is 5.96. The van der Waals surface area contributed by atoms with Gasteiger partial charge in [-0.3, -0.25) is 9.69 Å². The fourth-order valence-corrected chi connectivity index (χ4v) is 3.03. The molecule has 1 aliphatic rings. The summed E-state index contributed by atoms with van der Waals surface area (Å²) in [5.74, 6) is 0.256. The Balaban J connectivity index is 1.49. The van der Waals surface area contributed by atoms with Crippen LogP contribution in [0.2, 0.25) is 0 Å².